The maximum absolute atomic E-state index is 11.3. The lowest BCUT2D eigenvalue weighted by molar-refractivity contribution is -0.192. The van der Waals surface area contributed by atoms with Crippen molar-refractivity contribution in [1.82, 2.24) is 5.32 Å². The maximum atomic E-state index is 11.3. The predicted octanol–water partition coefficient (Wildman–Crippen LogP) is 3.27. The average Bonchev–Trinajstić information content (AvgIpc) is 3.06. The lowest BCUT2D eigenvalue weighted by atomic mass is 10.1. The molecular formula is C17H21Cl2F3N2O5S. The van der Waals surface area contributed by atoms with Crippen LogP contribution in [0.3, 0.4) is 0 Å². The van der Waals surface area contributed by atoms with Crippen LogP contribution in [0, 0.1) is 0 Å². The molecule has 0 spiro atoms. The third-order valence-electron chi connectivity index (χ3n) is 3.77. The molecule has 1 saturated heterocycles. The number of cyclic esters (lactones) is 1. The Morgan fingerprint density at radius 3 is 2.40 bits per heavy atom. The second kappa shape index (κ2) is 12.5. The molecular weight excluding hydrogens is 472 g/mol. The summed E-state index contributed by atoms with van der Waals surface area (Å²) in [5.41, 5.74) is 6.62. The van der Waals surface area contributed by atoms with Gasteiger partial charge in [-0.25, -0.2) is 4.79 Å². The van der Waals surface area contributed by atoms with Crippen LogP contribution in [-0.2, 0) is 14.3 Å². The Balaban J connectivity index is 0.000000553. The Kier molecular flexibility index (Phi) is 11.1. The highest BCUT2D eigenvalue weighted by Crippen LogP contribution is 2.31. The summed E-state index contributed by atoms with van der Waals surface area (Å²) in [4.78, 5) is 20.2. The molecule has 30 heavy (non-hydrogen) atoms. The highest BCUT2D eigenvalue weighted by molar-refractivity contribution is 8.00. The van der Waals surface area contributed by atoms with Crippen molar-refractivity contribution in [2.24, 2.45) is 0 Å². The first-order valence-corrected chi connectivity index (χ1v) is 10.5. The number of alkyl halides is 3. The molecule has 5 N–H and O–H groups in total. The normalized spacial score (nSPS) is 17.1. The zero-order valence-electron chi connectivity index (χ0n) is 15.5. The van der Waals surface area contributed by atoms with Crippen molar-refractivity contribution in [1.29, 1.82) is 0 Å². The minimum Gasteiger partial charge on any atom is -0.475 e. The summed E-state index contributed by atoms with van der Waals surface area (Å²) < 4.78 is 36.6. The average molecular weight is 493 g/mol. The number of rotatable bonds is 8. The van der Waals surface area contributed by atoms with Gasteiger partial charge in [-0.3, -0.25) is 4.79 Å². The topological polar surface area (TPSA) is 122 Å². The first-order chi connectivity index (χ1) is 13.9. The summed E-state index contributed by atoms with van der Waals surface area (Å²) in [5.74, 6) is -1.98. The predicted molar refractivity (Wildman–Crippen MR) is 109 cm³/mol. The lowest BCUT2D eigenvalue weighted by Crippen LogP contribution is -2.23. The van der Waals surface area contributed by atoms with E-state index >= 15 is 0 Å². The number of aliphatic carboxylic acids is 1. The molecule has 1 heterocycles. The van der Waals surface area contributed by atoms with Crippen LogP contribution in [0.5, 0.6) is 0 Å². The van der Waals surface area contributed by atoms with Gasteiger partial charge in [0, 0.05) is 13.0 Å². The van der Waals surface area contributed by atoms with Crippen molar-refractivity contribution in [3.8, 4) is 0 Å². The molecule has 1 aromatic rings. The van der Waals surface area contributed by atoms with Gasteiger partial charge in [0.25, 0.3) is 0 Å². The molecule has 0 amide bonds. The fraction of sp³-hybridized carbons (Fsp3) is 0.529. The van der Waals surface area contributed by atoms with Crippen molar-refractivity contribution in [3.05, 3.63) is 27.7 Å². The molecule has 2 rings (SSSR count). The number of nitrogens with one attached hydrogen (secondary N) is 1. The molecule has 1 fully saturated rings. The Labute approximate surface area is 185 Å². The third-order valence-corrected chi connectivity index (χ3v) is 5.75. The van der Waals surface area contributed by atoms with E-state index in [1.165, 1.54) is 0 Å². The number of ether oxygens (including phenoxy) is 1. The Bertz CT molecular complexity index is 717. The fourth-order valence-corrected chi connectivity index (χ4v) is 3.77. The van der Waals surface area contributed by atoms with Crippen LogP contribution in [0.2, 0.25) is 10.0 Å². The van der Waals surface area contributed by atoms with E-state index in [9.17, 15) is 23.1 Å². The third kappa shape index (κ3) is 9.17. The van der Waals surface area contributed by atoms with Crippen molar-refractivity contribution in [3.63, 3.8) is 0 Å². The zero-order chi connectivity index (χ0) is 22.9. The number of nitrogen functional groups attached to an aromatic ring is 1. The number of aliphatic hydroxyl groups is 1. The van der Waals surface area contributed by atoms with Crippen molar-refractivity contribution >= 4 is 52.6 Å². The van der Waals surface area contributed by atoms with E-state index in [2.05, 4.69) is 5.32 Å². The van der Waals surface area contributed by atoms with Crippen LogP contribution in [0.1, 0.15) is 24.5 Å². The molecule has 2 unspecified atom stereocenters. The number of esters is 1. The first-order valence-electron chi connectivity index (χ1n) is 8.65. The highest BCUT2D eigenvalue weighted by Gasteiger charge is 2.38. The van der Waals surface area contributed by atoms with E-state index in [0.29, 0.717) is 34.4 Å². The number of anilines is 1. The van der Waals surface area contributed by atoms with Gasteiger partial charge >= 0.3 is 18.1 Å². The Morgan fingerprint density at radius 2 is 1.93 bits per heavy atom. The van der Waals surface area contributed by atoms with Gasteiger partial charge in [-0.15, -0.1) is 11.8 Å². The van der Waals surface area contributed by atoms with Gasteiger partial charge in [0.15, 0.2) is 0 Å². The number of carboxylic acid groups (broad SMARTS) is 1. The van der Waals surface area contributed by atoms with E-state index in [1.807, 2.05) is 0 Å². The van der Waals surface area contributed by atoms with E-state index in [1.54, 1.807) is 23.9 Å². The van der Waals surface area contributed by atoms with E-state index in [4.69, 9.17) is 43.6 Å². The lowest BCUT2D eigenvalue weighted by Gasteiger charge is -2.14. The highest BCUT2D eigenvalue weighted by atomic mass is 35.5. The number of thioether (sulfide) groups is 1. The minimum absolute atomic E-state index is 0.0142. The van der Waals surface area contributed by atoms with Crippen LogP contribution in [0.15, 0.2) is 12.1 Å². The number of nitrogens with two attached hydrogens (primary N) is 1. The molecule has 0 aliphatic carbocycles. The van der Waals surface area contributed by atoms with Gasteiger partial charge in [0.05, 0.1) is 28.4 Å². The van der Waals surface area contributed by atoms with Gasteiger partial charge in [0.2, 0.25) is 0 Å². The standard InChI is InChI=1S/C15H20Cl2N2O3S.C2HF3O2/c16-10-6-9(7-11(17)14(10)18)12(20)8-19-3-1-5-23-13-2-4-22-15(13)21;3-2(4,5)1(6)7/h6-7,12-13,19-20H,1-5,8,18H2;(H,6,7). The maximum Gasteiger partial charge on any atom is 0.490 e. The van der Waals surface area contributed by atoms with Crippen LogP contribution in [0.25, 0.3) is 0 Å². The second-order valence-corrected chi connectivity index (χ2v) is 8.22. The SMILES string of the molecule is Nc1c(Cl)cc(C(O)CNCCCSC2CCOC2=O)cc1Cl.O=C(O)C(F)(F)F. The number of hydrogen-bond acceptors (Lipinski definition) is 7. The van der Waals surface area contributed by atoms with Crippen molar-refractivity contribution in [2.75, 3.05) is 31.2 Å². The van der Waals surface area contributed by atoms with Crippen LogP contribution >= 0.6 is 35.0 Å². The summed E-state index contributed by atoms with van der Waals surface area (Å²) in [6.45, 7) is 1.68. The number of benzene rings is 1. The van der Waals surface area contributed by atoms with E-state index in [-0.39, 0.29) is 11.2 Å². The molecule has 0 bridgehead atoms. The van der Waals surface area contributed by atoms with Crippen molar-refractivity contribution in [2.45, 2.75) is 30.4 Å². The first kappa shape index (κ1) is 26.6. The van der Waals surface area contributed by atoms with E-state index in [0.717, 1.165) is 25.1 Å². The van der Waals surface area contributed by atoms with Crippen molar-refractivity contribution < 1.29 is 37.7 Å². The molecule has 2 atom stereocenters. The summed E-state index contributed by atoms with van der Waals surface area (Å²) in [5, 5.41) is 21.1. The summed E-state index contributed by atoms with van der Waals surface area (Å²) in [7, 11) is 0. The molecule has 0 saturated carbocycles. The number of aliphatic hydroxyl groups excluding tert-OH is 1. The number of hydrogen-bond donors (Lipinski definition) is 4. The molecule has 1 aliphatic rings. The summed E-state index contributed by atoms with van der Waals surface area (Å²) in [6.07, 6.45) is -4.08. The molecule has 1 aromatic carbocycles. The van der Waals surface area contributed by atoms with Crippen LogP contribution in [-0.4, -0.2) is 59.0 Å². The minimum atomic E-state index is -5.08. The Hall–Kier alpha value is -1.40. The molecule has 0 aromatic heterocycles. The van der Waals surface area contributed by atoms with Gasteiger partial charge in [-0.05, 0) is 36.4 Å². The van der Waals surface area contributed by atoms with Gasteiger partial charge < -0.3 is 26.0 Å². The number of carboxylic acids is 1. The number of carbonyl (C=O) groups excluding carboxylic acids is 1. The summed E-state index contributed by atoms with van der Waals surface area (Å²) in [6, 6.07) is 3.24. The molecule has 1 aliphatic heterocycles. The van der Waals surface area contributed by atoms with Crippen LogP contribution in [0.4, 0.5) is 18.9 Å². The zero-order valence-corrected chi connectivity index (χ0v) is 17.9. The van der Waals surface area contributed by atoms with Gasteiger partial charge in [0.1, 0.15) is 5.25 Å². The quantitative estimate of drug-likeness (QED) is 0.247. The Morgan fingerprint density at radius 1 is 1.37 bits per heavy atom. The largest absolute Gasteiger partial charge is 0.490 e. The van der Waals surface area contributed by atoms with Gasteiger partial charge in [-0.2, -0.15) is 13.2 Å². The van der Waals surface area contributed by atoms with Gasteiger partial charge in [-0.1, -0.05) is 23.2 Å². The molecule has 0 radical (unpaired) electrons. The second-order valence-electron chi connectivity index (χ2n) is 6.09. The molecule has 170 valence electrons. The number of halogens is 5. The monoisotopic (exact) mass is 492 g/mol. The molecule has 7 nitrogen and oxygen atoms in total. The smallest absolute Gasteiger partial charge is 0.475 e. The number of carbonyl (C=O) groups is 2. The molecule has 13 heteroatoms. The van der Waals surface area contributed by atoms with Crippen LogP contribution < -0.4 is 11.1 Å². The fourth-order valence-electron chi connectivity index (χ4n) is 2.20. The summed E-state index contributed by atoms with van der Waals surface area (Å²) >= 11 is 13.5. The van der Waals surface area contributed by atoms with E-state index < -0.39 is 18.2 Å².